The SMILES string of the molecule is CCCn1c(C)cc(C(=O)COC(=O)c2ccc3ccccc3n2)c1C. The highest BCUT2D eigenvalue weighted by atomic mass is 16.5. The first kappa shape index (κ1) is 17.9. The Labute approximate surface area is 152 Å². The predicted molar refractivity (Wildman–Crippen MR) is 101 cm³/mol. The number of hydrogen-bond donors (Lipinski definition) is 0. The molecule has 2 aromatic heterocycles. The van der Waals surface area contributed by atoms with E-state index in [1.165, 1.54) is 0 Å². The molecule has 2 heterocycles. The normalized spacial score (nSPS) is 10.9. The van der Waals surface area contributed by atoms with Crippen LogP contribution in [-0.4, -0.2) is 27.9 Å². The predicted octanol–water partition coefficient (Wildman–Crippen LogP) is 4.10. The fourth-order valence-corrected chi connectivity index (χ4v) is 3.11. The number of hydrogen-bond acceptors (Lipinski definition) is 4. The van der Waals surface area contributed by atoms with Gasteiger partial charge in [0.05, 0.1) is 5.52 Å². The topological polar surface area (TPSA) is 61.2 Å². The molecule has 3 aromatic rings. The van der Waals surface area contributed by atoms with E-state index in [0.29, 0.717) is 5.56 Å². The van der Waals surface area contributed by atoms with Gasteiger partial charge in [0.2, 0.25) is 5.78 Å². The van der Waals surface area contributed by atoms with Crippen LogP contribution in [0.4, 0.5) is 0 Å². The number of Topliss-reactive ketones (excluding diaryl/α,β-unsaturated/α-hetero) is 1. The van der Waals surface area contributed by atoms with Gasteiger partial charge in [-0.1, -0.05) is 31.2 Å². The average molecular weight is 350 g/mol. The zero-order chi connectivity index (χ0) is 18.7. The molecule has 0 aliphatic rings. The second kappa shape index (κ2) is 7.52. The van der Waals surface area contributed by atoms with E-state index in [0.717, 1.165) is 35.3 Å². The van der Waals surface area contributed by atoms with Gasteiger partial charge in [-0.2, -0.15) is 0 Å². The molecular formula is C21H22N2O3. The van der Waals surface area contributed by atoms with Crippen LogP contribution < -0.4 is 0 Å². The number of fused-ring (bicyclic) bond motifs is 1. The summed E-state index contributed by atoms with van der Waals surface area (Å²) in [6.45, 7) is 6.57. The Morgan fingerprint density at radius 3 is 2.65 bits per heavy atom. The Morgan fingerprint density at radius 1 is 1.12 bits per heavy atom. The van der Waals surface area contributed by atoms with Crippen molar-refractivity contribution < 1.29 is 14.3 Å². The molecule has 0 saturated heterocycles. The molecule has 0 N–H and O–H groups in total. The number of pyridine rings is 1. The van der Waals surface area contributed by atoms with Crippen molar-refractivity contribution in [2.24, 2.45) is 0 Å². The Morgan fingerprint density at radius 2 is 1.88 bits per heavy atom. The van der Waals surface area contributed by atoms with Crippen molar-refractivity contribution in [2.75, 3.05) is 6.61 Å². The number of carbonyl (C=O) groups excluding carboxylic acids is 2. The number of nitrogens with zero attached hydrogens (tertiary/aromatic N) is 2. The molecule has 3 rings (SSSR count). The highest BCUT2D eigenvalue weighted by Gasteiger charge is 2.18. The Kier molecular flexibility index (Phi) is 5.16. The van der Waals surface area contributed by atoms with Crippen LogP contribution in [0, 0.1) is 13.8 Å². The monoisotopic (exact) mass is 350 g/mol. The third-order valence-corrected chi connectivity index (χ3v) is 4.46. The zero-order valence-electron chi connectivity index (χ0n) is 15.3. The Bertz CT molecular complexity index is 973. The summed E-state index contributed by atoms with van der Waals surface area (Å²) in [5.74, 6) is -0.791. The number of carbonyl (C=O) groups is 2. The second-order valence-corrected chi connectivity index (χ2v) is 6.32. The maximum atomic E-state index is 12.5. The summed E-state index contributed by atoms with van der Waals surface area (Å²) in [6, 6.07) is 12.8. The minimum atomic E-state index is -0.591. The molecule has 5 nitrogen and oxygen atoms in total. The molecule has 134 valence electrons. The van der Waals surface area contributed by atoms with E-state index in [-0.39, 0.29) is 18.1 Å². The maximum Gasteiger partial charge on any atom is 0.357 e. The first-order valence-corrected chi connectivity index (χ1v) is 8.74. The van der Waals surface area contributed by atoms with E-state index in [1.807, 2.05) is 50.2 Å². The van der Waals surface area contributed by atoms with Gasteiger partial charge >= 0.3 is 5.97 Å². The largest absolute Gasteiger partial charge is 0.453 e. The van der Waals surface area contributed by atoms with Crippen molar-refractivity contribution in [3.8, 4) is 0 Å². The number of ether oxygens (including phenoxy) is 1. The number of ketones is 1. The van der Waals surface area contributed by atoms with E-state index in [9.17, 15) is 9.59 Å². The van der Waals surface area contributed by atoms with Crippen molar-refractivity contribution >= 4 is 22.7 Å². The second-order valence-electron chi connectivity index (χ2n) is 6.32. The summed E-state index contributed by atoms with van der Waals surface area (Å²) >= 11 is 0. The zero-order valence-corrected chi connectivity index (χ0v) is 15.3. The standard InChI is InChI=1S/C21H22N2O3/c1-4-11-23-14(2)12-17(15(23)3)20(24)13-26-21(25)19-10-9-16-7-5-6-8-18(16)22-19/h5-10,12H,4,11,13H2,1-3H3. The summed E-state index contributed by atoms with van der Waals surface area (Å²) in [5, 5.41) is 0.948. The molecule has 0 atom stereocenters. The van der Waals surface area contributed by atoms with E-state index in [2.05, 4.69) is 16.5 Å². The molecule has 0 radical (unpaired) electrons. The highest BCUT2D eigenvalue weighted by Crippen LogP contribution is 2.17. The first-order chi connectivity index (χ1) is 12.5. The fraction of sp³-hybridized carbons (Fsp3) is 0.286. The van der Waals surface area contributed by atoms with Crippen molar-refractivity contribution in [1.29, 1.82) is 0 Å². The van der Waals surface area contributed by atoms with Gasteiger partial charge < -0.3 is 9.30 Å². The minimum absolute atomic E-state index is 0.199. The highest BCUT2D eigenvalue weighted by molar-refractivity contribution is 6.00. The molecule has 5 heteroatoms. The Hall–Kier alpha value is -2.95. The molecule has 0 bridgehead atoms. The number of rotatable bonds is 6. The van der Waals surface area contributed by atoms with Crippen LogP contribution >= 0.6 is 0 Å². The van der Waals surface area contributed by atoms with Crippen LogP contribution in [0.5, 0.6) is 0 Å². The molecule has 0 spiro atoms. The molecule has 0 unspecified atom stereocenters. The summed E-state index contributed by atoms with van der Waals surface area (Å²) in [7, 11) is 0. The van der Waals surface area contributed by atoms with Crippen molar-refractivity contribution in [3.63, 3.8) is 0 Å². The molecule has 0 fully saturated rings. The lowest BCUT2D eigenvalue weighted by Gasteiger charge is -2.08. The maximum absolute atomic E-state index is 12.5. The Balaban J connectivity index is 1.70. The fourth-order valence-electron chi connectivity index (χ4n) is 3.11. The molecule has 0 aliphatic heterocycles. The van der Waals surface area contributed by atoms with Gasteiger partial charge in [-0.25, -0.2) is 9.78 Å². The quantitative estimate of drug-likeness (QED) is 0.496. The molecular weight excluding hydrogens is 328 g/mol. The lowest BCUT2D eigenvalue weighted by molar-refractivity contribution is 0.0469. The van der Waals surface area contributed by atoms with E-state index in [4.69, 9.17) is 4.74 Å². The van der Waals surface area contributed by atoms with Crippen LogP contribution in [0.1, 0.15) is 45.6 Å². The van der Waals surface area contributed by atoms with Crippen LogP contribution in [0.2, 0.25) is 0 Å². The van der Waals surface area contributed by atoms with Crippen LogP contribution in [0.25, 0.3) is 10.9 Å². The summed E-state index contributed by atoms with van der Waals surface area (Å²) in [6.07, 6.45) is 0.993. The van der Waals surface area contributed by atoms with E-state index >= 15 is 0 Å². The van der Waals surface area contributed by atoms with Gasteiger partial charge in [-0.15, -0.1) is 0 Å². The van der Waals surface area contributed by atoms with Gasteiger partial charge in [0.25, 0.3) is 0 Å². The van der Waals surface area contributed by atoms with Gasteiger partial charge in [-0.05, 0) is 38.5 Å². The third kappa shape index (κ3) is 3.52. The molecule has 0 saturated carbocycles. The van der Waals surface area contributed by atoms with Crippen molar-refractivity contribution in [2.45, 2.75) is 33.7 Å². The van der Waals surface area contributed by atoms with Crippen LogP contribution in [0.3, 0.4) is 0 Å². The lowest BCUT2D eigenvalue weighted by atomic mass is 10.1. The average Bonchev–Trinajstić information content (AvgIpc) is 2.94. The summed E-state index contributed by atoms with van der Waals surface area (Å²) in [4.78, 5) is 29.0. The van der Waals surface area contributed by atoms with Gasteiger partial charge in [0.1, 0.15) is 5.69 Å². The number of aryl methyl sites for hydroxylation is 1. The number of esters is 1. The van der Waals surface area contributed by atoms with E-state index < -0.39 is 5.97 Å². The summed E-state index contributed by atoms with van der Waals surface area (Å²) < 4.78 is 7.31. The van der Waals surface area contributed by atoms with Gasteiger partial charge in [0.15, 0.2) is 6.61 Å². The third-order valence-electron chi connectivity index (χ3n) is 4.46. The first-order valence-electron chi connectivity index (χ1n) is 8.74. The molecule has 0 aliphatic carbocycles. The molecule has 1 aromatic carbocycles. The van der Waals surface area contributed by atoms with Crippen LogP contribution in [0.15, 0.2) is 42.5 Å². The lowest BCUT2D eigenvalue weighted by Crippen LogP contribution is -2.16. The smallest absolute Gasteiger partial charge is 0.357 e. The van der Waals surface area contributed by atoms with E-state index in [1.54, 1.807) is 6.07 Å². The summed E-state index contributed by atoms with van der Waals surface area (Å²) in [5.41, 5.74) is 3.48. The molecule has 0 amide bonds. The van der Waals surface area contributed by atoms with Crippen LogP contribution in [-0.2, 0) is 11.3 Å². The van der Waals surface area contributed by atoms with Gasteiger partial charge in [-0.3, -0.25) is 4.79 Å². The van der Waals surface area contributed by atoms with Crippen molar-refractivity contribution in [1.82, 2.24) is 9.55 Å². The van der Waals surface area contributed by atoms with Crippen molar-refractivity contribution in [3.05, 3.63) is 65.1 Å². The molecule has 26 heavy (non-hydrogen) atoms. The number of para-hydroxylation sites is 1. The van der Waals surface area contributed by atoms with Gasteiger partial charge in [0, 0.05) is 28.9 Å². The number of benzene rings is 1. The number of aromatic nitrogens is 2. The minimum Gasteiger partial charge on any atom is -0.453 e.